The molecule has 0 unspecified atom stereocenters. The number of esters is 1. The minimum atomic E-state index is -0.536. The Balaban J connectivity index is 2.60. The molecule has 0 aliphatic heterocycles. The lowest BCUT2D eigenvalue weighted by Gasteiger charge is -2.10. The minimum Gasteiger partial charge on any atom is -0.465 e. The summed E-state index contributed by atoms with van der Waals surface area (Å²) < 4.78 is 18.3. The van der Waals surface area contributed by atoms with Crippen molar-refractivity contribution in [2.45, 2.75) is 0 Å². The Morgan fingerprint density at radius 3 is 2.44 bits per heavy atom. The molecule has 0 bridgehead atoms. The first-order chi connectivity index (χ1) is 8.65. The molecule has 3 nitrogen and oxygen atoms in total. The summed E-state index contributed by atoms with van der Waals surface area (Å²) in [5.41, 5.74) is 7.19. The highest BCUT2D eigenvalue weighted by Gasteiger charge is 2.15. The number of methoxy groups -OCH3 is 1. The van der Waals surface area contributed by atoms with Gasteiger partial charge in [-0.25, -0.2) is 9.18 Å². The Morgan fingerprint density at radius 1 is 1.11 bits per heavy atom. The fourth-order valence-corrected chi connectivity index (χ4v) is 1.77. The molecule has 2 aromatic rings. The predicted octanol–water partition coefficient (Wildman–Crippen LogP) is 2.86. The van der Waals surface area contributed by atoms with Crippen molar-refractivity contribution in [3.8, 4) is 11.1 Å². The standard InChI is InChI=1S/C14H12FNO2/c1-18-14(17)11-7-4-6-10(13(11)16)9-5-2-3-8-12(9)15/h2-8H,16H2,1H3. The summed E-state index contributed by atoms with van der Waals surface area (Å²) in [5.74, 6) is -0.920. The maximum atomic E-state index is 13.7. The first kappa shape index (κ1) is 12.1. The maximum absolute atomic E-state index is 13.7. The average molecular weight is 245 g/mol. The molecule has 0 saturated carbocycles. The fraction of sp³-hybridized carbons (Fsp3) is 0.0714. The lowest BCUT2D eigenvalue weighted by molar-refractivity contribution is 0.0602. The van der Waals surface area contributed by atoms with Crippen molar-refractivity contribution >= 4 is 11.7 Å². The van der Waals surface area contributed by atoms with Crippen LogP contribution in [0.25, 0.3) is 11.1 Å². The second kappa shape index (κ2) is 4.87. The highest BCUT2D eigenvalue weighted by Crippen LogP contribution is 2.30. The molecule has 0 saturated heterocycles. The smallest absolute Gasteiger partial charge is 0.339 e. The zero-order chi connectivity index (χ0) is 13.1. The number of nitrogens with two attached hydrogens (primary N) is 1. The molecular weight excluding hydrogens is 233 g/mol. The van der Waals surface area contributed by atoms with Crippen LogP contribution in [0.2, 0.25) is 0 Å². The number of hydrogen-bond acceptors (Lipinski definition) is 3. The molecule has 0 aliphatic rings. The Labute approximate surface area is 104 Å². The van der Waals surface area contributed by atoms with Crippen LogP contribution in [0.5, 0.6) is 0 Å². The maximum Gasteiger partial charge on any atom is 0.339 e. The van der Waals surface area contributed by atoms with E-state index in [0.717, 1.165) is 0 Å². The van der Waals surface area contributed by atoms with E-state index < -0.39 is 5.97 Å². The molecule has 0 heterocycles. The van der Waals surface area contributed by atoms with Gasteiger partial charge >= 0.3 is 5.97 Å². The monoisotopic (exact) mass is 245 g/mol. The average Bonchev–Trinajstić information content (AvgIpc) is 2.39. The molecule has 0 aromatic heterocycles. The van der Waals surface area contributed by atoms with Crippen LogP contribution in [0.4, 0.5) is 10.1 Å². The first-order valence-corrected chi connectivity index (χ1v) is 5.37. The number of halogens is 1. The van der Waals surface area contributed by atoms with Gasteiger partial charge in [0.25, 0.3) is 0 Å². The van der Waals surface area contributed by atoms with Crippen LogP contribution in [0, 0.1) is 5.82 Å². The largest absolute Gasteiger partial charge is 0.465 e. The number of nitrogen functional groups attached to an aromatic ring is 1. The second-order valence-corrected chi connectivity index (χ2v) is 3.74. The van der Waals surface area contributed by atoms with Crippen molar-refractivity contribution in [1.82, 2.24) is 0 Å². The van der Waals surface area contributed by atoms with E-state index in [0.29, 0.717) is 11.1 Å². The van der Waals surface area contributed by atoms with E-state index in [1.807, 2.05) is 0 Å². The molecule has 18 heavy (non-hydrogen) atoms. The minimum absolute atomic E-state index is 0.217. The van der Waals surface area contributed by atoms with Crippen molar-refractivity contribution in [2.24, 2.45) is 0 Å². The van der Waals surface area contributed by atoms with Crippen LogP contribution in [0.1, 0.15) is 10.4 Å². The number of para-hydroxylation sites is 1. The van der Waals surface area contributed by atoms with Gasteiger partial charge in [0, 0.05) is 11.1 Å². The molecule has 0 spiro atoms. The molecule has 0 amide bonds. The third kappa shape index (κ3) is 2.05. The molecule has 2 aromatic carbocycles. The lowest BCUT2D eigenvalue weighted by atomic mass is 10.00. The van der Waals surface area contributed by atoms with Crippen LogP contribution < -0.4 is 5.73 Å². The number of ether oxygens (including phenoxy) is 1. The number of benzene rings is 2. The van der Waals surface area contributed by atoms with Crippen molar-refractivity contribution in [3.05, 3.63) is 53.8 Å². The summed E-state index contributed by atoms with van der Waals surface area (Å²) in [6, 6.07) is 11.1. The molecule has 0 radical (unpaired) electrons. The summed E-state index contributed by atoms with van der Waals surface area (Å²) in [4.78, 5) is 11.5. The van der Waals surface area contributed by atoms with Gasteiger partial charge in [0.05, 0.1) is 18.4 Å². The summed E-state index contributed by atoms with van der Waals surface area (Å²) in [6.07, 6.45) is 0. The summed E-state index contributed by atoms with van der Waals surface area (Å²) in [6.45, 7) is 0. The van der Waals surface area contributed by atoms with Gasteiger partial charge in [0.1, 0.15) is 5.82 Å². The van der Waals surface area contributed by atoms with E-state index in [-0.39, 0.29) is 17.1 Å². The van der Waals surface area contributed by atoms with Gasteiger partial charge in [-0.3, -0.25) is 0 Å². The van der Waals surface area contributed by atoms with E-state index in [1.165, 1.54) is 13.2 Å². The second-order valence-electron chi connectivity index (χ2n) is 3.74. The number of hydrogen-bond donors (Lipinski definition) is 1. The molecular formula is C14H12FNO2. The molecule has 92 valence electrons. The summed E-state index contributed by atoms with van der Waals surface area (Å²) >= 11 is 0. The van der Waals surface area contributed by atoms with Crippen molar-refractivity contribution in [1.29, 1.82) is 0 Å². The third-order valence-electron chi connectivity index (χ3n) is 2.68. The number of rotatable bonds is 2. The van der Waals surface area contributed by atoms with E-state index in [1.54, 1.807) is 36.4 Å². The van der Waals surface area contributed by atoms with Crippen LogP contribution in [0.15, 0.2) is 42.5 Å². The summed E-state index contributed by atoms with van der Waals surface area (Å²) in [7, 11) is 1.28. The van der Waals surface area contributed by atoms with E-state index in [9.17, 15) is 9.18 Å². The number of carbonyl (C=O) groups is 1. The molecule has 4 heteroatoms. The topological polar surface area (TPSA) is 52.3 Å². The van der Waals surface area contributed by atoms with E-state index in [4.69, 9.17) is 5.73 Å². The van der Waals surface area contributed by atoms with Crippen LogP contribution in [-0.2, 0) is 4.74 Å². The SMILES string of the molecule is COC(=O)c1cccc(-c2ccccc2F)c1N. The Bertz CT molecular complexity index is 596. The van der Waals surface area contributed by atoms with Crippen molar-refractivity contribution in [3.63, 3.8) is 0 Å². The zero-order valence-corrected chi connectivity index (χ0v) is 9.81. The van der Waals surface area contributed by atoms with Gasteiger partial charge in [0.2, 0.25) is 0 Å². The van der Waals surface area contributed by atoms with Crippen LogP contribution in [-0.4, -0.2) is 13.1 Å². The first-order valence-electron chi connectivity index (χ1n) is 5.37. The number of anilines is 1. The highest BCUT2D eigenvalue weighted by atomic mass is 19.1. The highest BCUT2D eigenvalue weighted by molar-refractivity contribution is 5.99. The molecule has 0 aliphatic carbocycles. The third-order valence-corrected chi connectivity index (χ3v) is 2.68. The Kier molecular flexibility index (Phi) is 3.28. The Hall–Kier alpha value is -2.36. The van der Waals surface area contributed by atoms with Crippen LogP contribution >= 0.6 is 0 Å². The van der Waals surface area contributed by atoms with Crippen molar-refractivity contribution < 1.29 is 13.9 Å². The van der Waals surface area contributed by atoms with Crippen molar-refractivity contribution in [2.75, 3.05) is 12.8 Å². The van der Waals surface area contributed by atoms with Gasteiger partial charge in [-0.2, -0.15) is 0 Å². The van der Waals surface area contributed by atoms with Gasteiger partial charge in [-0.05, 0) is 12.1 Å². The zero-order valence-electron chi connectivity index (χ0n) is 9.81. The van der Waals surface area contributed by atoms with E-state index >= 15 is 0 Å². The van der Waals surface area contributed by atoms with E-state index in [2.05, 4.69) is 4.74 Å². The fourth-order valence-electron chi connectivity index (χ4n) is 1.77. The predicted molar refractivity (Wildman–Crippen MR) is 67.6 cm³/mol. The van der Waals surface area contributed by atoms with Crippen LogP contribution in [0.3, 0.4) is 0 Å². The lowest BCUT2D eigenvalue weighted by Crippen LogP contribution is -2.06. The number of carbonyl (C=O) groups excluding carboxylic acids is 1. The van der Waals surface area contributed by atoms with Gasteiger partial charge in [-0.1, -0.05) is 30.3 Å². The van der Waals surface area contributed by atoms with Gasteiger partial charge < -0.3 is 10.5 Å². The molecule has 0 atom stereocenters. The normalized spacial score (nSPS) is 10.1. The molecule has 2 rings (SSSR count). The summed E-state index contributed by atoms with van der Waals surface area (Å²) in [5, 5.41) is 0. The Morgan fingerprint density at radius 2 is 1.78 bits per heavy atom. The van der Waals surface area contributed by atoms with Gasteiger partial charge in [-0.15, -0.1) is 0 Å². The quantitative estimate of drug-likeness (QED) is 0.653. The molecule has 2 N–H and O–H groups in total. The van der Waals surface area contributed by atoms with Gasteiger partial charge in [0.15, 0.2) is 0 Å². The molecule has 0 fully saturated rings.